The van der Waals surface area contributed by atoms with Crippen molar-refractivity contribution in [1.82, 2.24) is 14.5 Å². The van der Waals surface area contributed by atoms with E-state index in [0.29, 0.717) is 12.0 Å². The molecular weight excluding hydrogens is 310 g/mol. The van der Waals surface area contributed by atoms with Crippen LogP contribution in [0.25, 0.3) is 0 Å². The molecule has 25 heavy (non-hydrogen) atoms. The van der Waals surface area contributed by atoms with Gasteiger partial charge in [0.15, 0.2) is 0 Å². The molecule has 0 amide bonds. The van der Waals surface area contributed by atoms with Crippen molar-refractivity contribution in [2.45, 2.75) is 57.1 Å². The first-order chi connectivity index (χ1) is 12.3. The van der Waals surface area contributed by atoms with E-state index in [0.717, 1.165) is 18.8 Å². The summed E-state index contributed by atoms with van der Waals surface area (Å²) in [6, 6.07) is 8.71. The summed E-state index contributed by atoms with van der Waals surface area (Å²) < 4.78 is 8.34. The number of benzene rings is 1. The van der Waals surface area contributed by atoms with Crippen LogP contribution in [0.3, 0.4) is 0 Å². The van der Waals surface area contributed by atoms with E-state index < -0.39 is 0 Å². The van der Waals surface area contributed by atoms with Crippen LogP contribution in [-0.2, 0) is 13.6 Å². The van der Waals surface area contributed by atoms with Crippen molar-refractivity contribution >= 4 is 0 Å². The normalized spacial score (nSPS) is 22.4. The van der Waals surface area contributed by atoms with Gasteiger partial charge in [-0.3, -0.25) is 4.90 Å². The maximum atomic E-state index is 6.17. The zero-order chi connectivity index (χ0) is 17.1. The van der Waals surface area contributed by atoms with Crippen LogP contribution in [0.5, 0.6) is 5.75 Å². The van der Waals surface area contributed by atoms with E-state index in [1.54, 1.807) is 0 Å². The Morgan fingerprint density at radius 2 is 2.04 bits per heavy atom. The van der Waals surface area contributed by atoms with Gasteiger partial charge in [-0.15, -0.1) is 0 Å². The number of piperidine rings is 1. The predicted octanol–water partition coefficient (Wildman–Crippen LogP) is 4.12. The van der Waals surface area contributed by atoms with Crippen molar-refractivity contribution in [3.8, 4) is 5.75 Å². The number of aromatic nitrogens is 2. The van der Waals surface area contributed by atoms with Crippen LogP contribution in [0.4, 0.5) is 0 Å². The van der Waals surface area contributed by atoms with Crippen LogP contribution in [-0.4, -0.2) is 33.6 Å². The highest BCUT2D eigenvalue weighted by atomic mass is 16.5. The first-order valence-electron chi connectivity index (χ1n) is 9.73. The molecule has 2 heterocycles. The van der Waals surface area contributed by atoms with Crippen molar-refractivity contribution < 1.29 is 4.74 Å². The summed E-state index contributed by atoms with van der Waals surface area (Å²) in [6.45, 7) is 3.27. The second-order valence-corrected chi connectivity index (χ2v) is 7.64. The molecule has 2 fully saturated rings. The zero-order valence-corrected chi connectivity index (χ0v) is 15.2. The van der Waals surface area contributed by atoms with E-state index >= 15 is 0 Å². The van der Waals surface area contributed by atoms with E-state index in [9.17, 15) is 0 Å². The van der Waals surface area contributed by atoms with Crippen molar-refractivity contribution in [2.75, 3.05) is 13.1 Å². The second-order valence-electron chi connectivity index (χ2n) is 7.64. The van der Waals surface area contributed by atoms with Crippen LogP contribution < -0.4 is 4.74 Å². The SMILES string of the molecule is Cn1ccnc1C1CCCN(Cc2cccc(OC3CCCC3)c2)C1. The van der Waals surface area contributed by atoms with Gasteiger partial charge >= 0.3 is 0 Å². The van der Waals surface area contributed by atoms with Gasteiger partial charge in [0.05, 0.1) is 6.10 Å². The van der Waals surface area contributed by atoms with Gasteiger partial charge in [-0.2, -0.15) is 0 Å². The third-order valence-electron chi connectivity index (χ3n) is 5.64. The number of hydrogen-bond donors (Lipinski definition) is 0. The third kappa shape index (κ3) is 4.06. The lowest BCUT2D eigenvalue weighted by Gasteiger charge is -2.32. The summed E-state index contributed by atoms with van der Waals surface area (Å²) in [7, 11) is 2.10. The average Bonchev–Trinajstić information content (AvgIpc) is 3.27. The van der Waals surface area contributed by atoms with Crippen LogP contribution in [0.15, 0.2) is 36.7 Å². The number of rotatable bonds is 5. The minimum atomic E-state index is 0.429. The Hall–Kier alpha value is -1.81. The molecule has 0 bridgehead atoms. The van der Waals surface area contributed by atoms with Gasteiger partial charge in [-0.25, -0.2) is 4.98 Å². The van der Waals surface area contributed by atoms with E-state index in [4.69, 9.17) is 4.74 Å². The molecule has 0 spiro atoms. The fraction of sp³-hybridized carbons (Fsp3) is 0.571. The maximum Gasteiger partial charge on any atom is 0.120 e. The maximum absolute atomic E-state index is 6.17. The lowest BCUT2D eigenvalue weighted by atomic mass is 9.96. The Morgan fingerprint density at radius 3 is 2.84 bits per heavy atom. The van der Waals surface area contributed by atoms with Gasteiger partial charge in [-0.05, 0) is 62.8 Å². The molecule has 1 aromatic carbocycles. The second kappa shape index (κ2) is 7.61. The fourth-order valence-corrected chi connectivity index (χ4v) is 4.35. The molecule has 4 nitrogen and oxygen atoms in total. The minimum Gasteiger partial charge on any atom is -0.490 e. The predicted molar refractivity (Wildman–Crippen MR) is 99.8 cm³/mol. The number of aryl methyl sites for hydroxylation is 1. The van der Waals surface area contributed by atoms with Gasteiger partial charge in [0.25, 0.3) is 0 Å². The molecule has 1 saturated heterocycles. The molecule has 1 aromatic heterocycles. The van der Waals surface area contributed by atoms with Crippen LogP contribution in [0.1, 0.15) is 55.8 Å². The van der Waals surface area contributed by atoms with Crippen molar-refractivity contribution in [3.05, 3.63) is 48.0 Å². The van der Waals surface area contributed by atoms with Gasteiger partial charge < -0.3 is 9.30 Å². The number of likely N-dealkylation sites (tertiary alicyclic amines) is 1. The average molecular weight is 339 g/mol. The molecule has 0 radical (unpaired) electrons. The van der Waals surface area contributed by atoms with Gasteiger partial charge in [0.2, 0.25) is 0 Å². The Balaban J connectivity index is 1.38. The van der Waals surface area contributed by atoms with Crippen LogP contribution >= 0.6 is 0 Å². The quantitative estimate of drug-likeness (QED) is 0.821. The highest BCUT2D eigenvalue weighted by molar-refractivity contribution is 5.29. The molecule has 1 unspecified atom stereocenters. The lowest BCUT2D eigenvalue weighted by molar-refractivity contribution is 0.193. The molecule has 4 rings (SSSR count). The summed E-state index contributed by atoms with van der Waals surface area (Å²) >= 11 is 0. The molecule has 1 saturated carbocycles. The first-order valence-corrected chi connectivity index (χ1v) is 9.73. The number of ether oxygens (including phenoxy) is 1. The van der Waals surface area contributed by atoms with Crippen molar-refractivity contribution in [1.29, 1.82) is 0 Å². The summed E-state index contributed by atoms with van der Waals surface area (Å²) in [6.07, 6.45) is 11.9. The molecule has 0 N–H and O–H groups in total. The van der Waals surface area contributed by atoms with E-state index in [1.165, 1.54) is 56.5 Å². The van der Waals surface area contributed by atoms with Gasteiger partial charge in [0, 0.05) is 38.4 Å². The Kier molecular flexibility index (Phi) is 5.07. The fourth-order valence-electron chi connectivity index (χ4n) is 4.35. The zero-order valence-electron chi connectivity index (χ0n) is 15.2. The lowest BCUT2D eigenvalue weighted by Crippen LogP contribution is -2.34. The smallest absolute Gasteiger partial charge is 0.120 e. The van der Waals surface area contributed by atoms with Crippen molar-refractivity contribution in [3.63, 3.8) is 0 Å². The Bertz CT molecular complexity index is 690. The molecule has 1 aliphatic carbocycles. The van der Waals surface area contributed by atoms with E-state index in [-0.39, 0.29) is 0 Å². The van der Waals surface area contributed by atoms with E-state index in [2.05, 4.69) is 52.0 Å². The highest BCUT2D eigenvalue weighted by Gasteiger charge is 2.24. The number of nitrogens with zero attached hydrogens (tertiary/aromatic N) is 3. The van der Waals surface area contributed by atoms with Crippen molar-refractivity contribution in [2.24, 2.45) is 7.05 Å². The summed E-state index contributed by atoms with van der Waals surface area (Å²) in [5.74, 6) is 2.82. The molecule has 134 valence electrons. The van der Waals surface area contributed by atoms with Crippen LogP contribution in [0, 0.1) is 0 Å². The number of hydrogen-bond acceptors (Lipinski definition) is 3. The molecule has 1 atom stereocenters. The topological polar surface area (TPSA) is 30.3 Å². The molecule has 2 aliphatic rings. The molecular formula is C21H29N3O. The third-order valence-corrected chi connectivity index (χ3v) is 5.64. The summed E-state index contributed by atoms with van der Waals surface area (Å²) in [5.41, 5.74) is 1.36. The Morgan fingerprint density at radius 1 is 1.16 bits per heavy atom. The first kappa shape index (κ1) is 16.6. The van der Waals surface area contributed by atoms with Crippen LogP contribution in [0.2, 0.25) is 0 Å². The van der Waals surface area contributed by atoms with Gasteiger partial charge in [0.1, 0.15) is 11.6 Å². The Labute approximate surface area is 150 Å². The van der Waals surface area contributed by atoms with Gasteiger partial charge in [-0.1, -0.05) is 12.1 Å². The monoisotopic (exact) mass is 339 g/mol. The number of imidazole rings is 1. The standard InChI is InChI=1S/C21H29N3O/c1-23-13-11-22-21(23)18-7-5-12-24(16-18)15-17-6-4-10-20(14-17)25-19-8-2-3-9-19/h4,6,10-11,13-14,18-19H,2-3,5,7-9,12,15-16H2,1H3. The minimum absolute atomic E-state index is 0.429. The van der Waals surface area contributed by atoms with E-state index in [1.807, 2.05) is 6.20 Å². The molecule has 1 aliphatic heterocycles. The molecule has 2 aromatic rings. The summed E-state index contributed by atoms with van der Waals surface area (Å²) in [5, 5.41) is 0. The molecule has 4 heteroatoms. The summed E-state index contributed by atoms with van der Waals surface area (Å²) in [4.78, 5) is 7.14. The largest absolute Gasteiger partial charge is 0.490 e. The highest BCUT2D eigenvalue weighted by Crippen LogP contribution is 2.28.